The molecule has 0 aliphatic heterocycles. The molecule has 1 rings (SSSR count). The zero-order valence-corrected chi connectivity index (χ0v) is 12.5. The molecule has 9 heteroatoms. The highest BCUT2D eigenvalue weighted by Crippen LogP contribution is 2.13. The Bertz CT molecular complexity index is 643. The lowest BCUT2D eigenvalue weighted by molar-refractivity contribution is -0.143. The number of pyridine rings is 1. The average molecular weight is 330 g/mol. The van der Waals surface area contributed by atoms with E-state index in [4.69, 9.17) is 22.4 Å². The van der Waals surface area contributed by atoms with Crippen molar-refractivity contribution in [2.45, 2.75) is 31.8 Å². The van der Waals surface area contributed by atoms with E-state index in [0.717, 1.165) is 4.57 Å². The van der Waals surface area contributed by atoms with Crippen LogP contribution in [0.15, 0.2) is 23.1 Å². The smallest absolute Gasteiger partial charge is 0.326 e. The number of hydrogen-bond donors (Lipinski definition) is 3. The lowest BCUT2D eigenvalue weighted by atomic mass is 10.1. The van der Waals surface area contributed by atoms with Gasteiger partial charge >= 0.3 is 5.97 Å². The summed E-state index contributed by atoms with van der Waals surface area (Å²) in [6.07, 6.45) is 0.985. The summed E-state index contributed by atoms with van der Waals surface area (Å²) in [4.78, 5) is 45.9. The summed E-state index contributed by atoms with van der Waals surface area (Å²) in [5.74, 6) is -2.96. The molecule has 8 nitrogen and oxygen atoms in total. The lowest BCUT2D eigenvalue weighted by Crippen LogP contribution is -2.47. The first-order chi connectivity index (χ1) is 10.3. The number of aliphatic carboxylic acids is 1. The summed E-state index contributed by atoms with van der Waals surface area (Å²) in [6, 6.07) is 0.198. The minimum absolute atomic E-state index is 0.231. The molecule has 0 aromatic carbocycles. The van der Waals surface area contributed by atoms with E-state index >= 15 is 0 Å². The Morgan fingerprint density at radius 2 is 2.05 bits per heavy atom. The Morgan fingerprint density at radius 1 is 1.41 bits per heavy atom. The zero-order valence-electron chi connectivity index (χ0n) is 11.8. The van der Waals surface area contributed by atoms with Gasteiger partial charge in [-0.25, -0.2) is 4.79 Å². The van der Waals surface area contributed by atoms with Gasteiger partial charge in [-0.1, -0.05) is 18.5 Å². The predicted molar refractivity (Wildman–Crippen MR) is 78.4 cm³/mol. The second-order valence-electron chi connectivity index (χ2n) is 4.59. The molecule has 0 bridgehead atoms. The summed E-state index contributed by atoms with van der Waals surface area (Å²) in [6.45, 7) is 1.65. The van der Waals surface area contributed by atoms with Crippen molar-refractivity contribution in [2.75, 3.05) is 0 Å². The van der Waals surface area contributed by atoms with E-state index in [2.05, 4.69) is 5.32 Å². The molecule has 0 aliphatic rings. The Balaban J connectivity index is 3.01. The molecule has 0 fully saturated rings. The molecule has 0 saturated heterocycles. The third kappa shape index (κ3) is 4.59. The van der Waals surface area contributed by atoms with Crippen molar-refractivity contribution in [3.8, 4) is 0 Å². The SMILES string of the molecule is CCC(C(=O)NC(CC(N)=O)C(=O)O)n1cc(Cl)ccc1=O. The highest BCUT2D eigenvalue weighted by molar-refractivity contribution is 6.30. The van der Waals surface area contributed by atoms with E-state index < -0.39 is 41.8 Å². The molecule has 2 unspecified atom stereocenters. The molecule has 2 amide bonds. The fraction of sp³-hybridized carbons (Fsp3) is 0.385. The number of aromatic nitrogens is 1. The fourth-order valence-corrected chi connectivity index (χ4v) is 2.07. The van der Waals surface area contributed by atoms with Crippen LogP contribution in [0.3, 0.4) is 0 Å². The Labute approximate surface area is 130 Å². The molecule has 1 aromatic rings. The normalized spacial score (nSPS) is 13.2. The van der Waals surface area contributed by atoms with Crippen molar-refractivity contribution in [3.63, 3.8) is 0 Å². The molecule has 1 heterocycles. The Morgan fingerprint density at radius 3 is 2.55 bits per heavy atom. The van der Waals surface area contributed by atoms with E-state index in [0.29, 0.717) is 0 Å². The van der Waals surface area contributed by atoms with Crippen LogP contribution in [0.25, 0.3) is 0 Å². The van der Waals surface area contributed by atoms with Gasteiger partial charge in [0, 0.05) is 12.3 Å². The van der Waals surface area contributed by atoms with Crippen LogP contribution in [0, 0.1) is 0 Å². The van der Waals surface area contributed by atoms with Crippen molar-refractivity contribution in [3.05, 3.63) is 33.7 Å². The number of amides is 2. The highest BCUT2D eigenvalue weighted by Gasteiger charge is 2.27. The maximum Gasteiger partial charge on any atom is 0.326 e. The quantitative estimate of drug-likeness (QED) is 0.642. The fourth-order valence-electron chi connectivity index (χ4n) is 1.90. The van der Waals surface area contributed by atoms with Crippen LogP contribution >= 0.6 is 11.6 Å². The van der Waals surface area contributed by atoms with Gasteiger partial charge < -0.3 is 20.7 Å². The summed E-state index contributed by atoms with van der Waals surface area (Å²) in [5, 5.41) is 11.4. The van der Waals surface area contributed by atoms with Crippen LogP contribution in [-0.2, 0) is 14.4 Å². The lowest BCUT2D eigenvalue weighted by Gasteiger charge is -2.20. The average Bonchev–Trinajstić information content (AvgIpc) is 2.42. The number of nitrogens with one attached hydrogen (secondary N) is 1. The first-order valence-corrected chi connectivity index (χ1v) is 6.83. The van der Waals surface area contributed by atoms with Gasteiger partial charge in [0.15, 0.2) is 0 Å². The molecule has 0 radical (unpaired) electrons. The largest absolute Gasteiger partial charge is 0.480 e. The van der Waals surface area contributed by atoms with Crippen molar-refractivity contribution >= 4 is 29.4 Å². The monoisotopic (exact) mass is 329 g/mol. The number of carbonyl (C=O) groups excluding carboxylic acids is 2. The number of nitrogens with two attached hydrogens (primary N) is 1. The number of carbonyl (C=O) groups is 3. The van der Waals surface area contributed by atoms with Crippen LogP contribution in [0.4, 0.5) is 0 Å². The molecule has 0 aliphatic carbocycles. The van der Waals surface area contributed by atoms with E-state index in [1.54, 1.807) is 6.92 Å². The number of carboxylic acids is 1. The number of nitrogens with zero attached hydrogens (tertiary/aromatic N) is 1. The number of primary amides is 1. The maximum absolute atomic E-state index is 12.2. The van der Waals surface area contributed by atoms with E-state index in [1.807, 2.05) is 0 Å². The van der Waals surface area contributed by atoms with Gasteiger partial charge in [-0.05, 0) is 12.5 Å². The number of rotatable bonds is 7. The van der Waals surface area contributed by atoms with E-state index in [9.17, 15) is 19.2 Å². The highest BCUT2D eigenvalue weighted by atomic mass is 35.5. The van der Waals surface area contributed by atoms with Crippen LogP contribution in [0.2, 0.25) is 5.02 Å². The number of hydrogen-bond acceptors (Lipinski definition) is 4. The topological polar surface area (TPSA) is 131 Å². The summed E-state index contributed by atoms with van der Waals surface area (Å²) in [7, 11) is 0. The Hall–Kier alpha value is -2.35. The van der Waals surface area contributed by atoms with E-state index in [1.165, 1.54) is 18.3 Å². The number of halogens is 1. The molecule has 0 spiro atoms. The van der Waals surface area contributed by atoms with Gasteiger partial charge in [-0.2, -0.15) is 0 Å². The van der Waals surface area contributed by atoms with Crippen LogP contribution < -0.4 is 16.6 Å². The van der Waals surface area contributed by atoms with E-state index in [-0.39, 0.29) is 11.4 Å². The van der Waals surface area contributed by atoms with Crippen LogP contribution in [0.1, 0.15) is 25.8 Å². The Kier molecular flexibility index (Phi) is 6.11. The second-order valence-corrected chi connectivity index (χ2v) is 5.02. The van der Waals surface area contributed by atoms with Crippen molar-refractivity contribution < 1.29 is 19.5 Å². The standard InChI is InChI=1S/C13H16ClN3O5/c1-2-9(17-6-7(14)3-4-11(17)19)12(20)16-8(13(21)22)5-10(15)18/h3-4,6,8-9H,2,5H2,1H3,(H2,15,18)(H,16,20)(H,21,22). The molecule has 120 valence electrons. The molecule has 2 atom stereocenters. The van der Waals surface area contributed by atoms with Gasteiger partial charge in [-0.3, -0.25) is 14.4 Å². The molecule has 22 heavy (non-hydrogen) atoms. The minimum atomic E-state index is -1.45. The first kappa shape index (κ1) is 17.7. The third-order valence-corrected chi connectivity index (χ3v) is 3.17. The summed E-state index contributed by atoms with van der Waals surface area (Å²) < 4.78 is 1.11. The third-order valence-electron chi connectivity index (χ3n) is 2.95. The maximum atomic E-state index is 12.2. The zero-order chi connectivity index (χ0) is 16.9. The van der Waals surface area contributed by atoms with Gasteiger partial charge in [0.05, 0.1) is 11.4 Å². The van der Waals surface area contributed by atoms with Crippen molar-refractivity contribution in [1.29, 1.82) is 0 Å². The van der Waals surface area contributed by atoms with Crippen molar-refractivity contribution in [2.24, 2.45) is 5.73 Å². The predicted octanol–water partition coefficient (Wildman–Crippen LogP) is -0.102. The van der Waals surface area contributed by atoms with Crippen LogP contribution in [0.5, 0.6) is 0 Å². The van der Waals surface area contributed by atoms with Gasteiger partial charge in [0.25, 0.3) is 5.56 Å². The molecule has 4 N–H and O–H groups in total. The number of carboxylic acid groups (broad SMARTS) is 1. The van der Waals surface area contributed by atoms with Crippen molar-refractivity contribution in [1.82, 2.24) is 9.88 Å². The van der Waals surface area contributed by atoms with Gasteiger partial charge in [-0.15, -0.1) is 0 Å². The molecular weight excluding hydrogens is 314 g/mol. The molecule has 1 aromatic heterocycles. The van der Waals surface area contributed by atoms with Crippen LogP contribution in [-0.4, -0.2) is 33.5 Å². The second kappa shape index (κ2) is 7.60. The van der Waals surface area contributed by atoms with Gasteiger partial charge in [0.2, 0.25) is 11.8 Å². The minimum Gasteiger partial charge on any atom is -0.480 e. The van der Waals surface area contributed by atoms with Gasteiger partial charge in [0.1, 0.15) is 12.1 Å². The molecular formula is C13H16ClN3O5. The first-order valence-electron chi connectivity index (χ1n) is 6.45. The summed E-state index contributed by atoms with van der Waals surface area (Å²) in [5.41, 5.74) is 4.49. The summed E-state index contributed by atoms with van der Waals surface area (Å²) >= 11 is 5.80. The molecule has 0 saturated carbocycles.